The number of anilines is 3. The van der Waals surface area contributed by atoms with Gasteiger partial charge in [0.05, 0.1) is 11.4 Å². The van der Waals surface area contributed by atoms with Gasteiger partial charge in [0, 0.05) is 5.69 Å². The predicted octanol–water partition coefficient (Wildman–Crippen LogP) is 1.80. The molecule has 0 spiro atoms. The maximum atomic E-state index is 13.4. The third-order valence-electron chi connectivity index (χ3n) is 2.47. The van der Waals surface area contributed by atoms with E-state index in [9.17, 15) is 12.8 Å². The average Bonchev–Trinajstić information content (AvgIpc) is 2.30. The van der Waals surface area contributed by atoms with Gasteiger partial charge in [-0.1, -0.05) is 12.1 Å². The zero-order chi connectivity index (χ0) is 14.0. The fourth-order valence-corrected chi connectivity index (χ4v) is 2.25. The molecule has 0 saturated heterocycles. The predicted molar refractivity (Wildman–Crippen MR) is 71.9 cm³/mol. The third-order valence-corrected chi connectivity index (χ3v) is 3.45. The van der Waals surface area contributed by atoms with Crippen LogP contribution in [0.25, 0.3) is 0 Å². The van der Waals surface area contributed by atoms with Gasteiger partial charge in [-0.25, -0.2) is 17.9 Å². The van der Waals surface area contributed by atoms with Crippen molar-refractivity contribution in [3.8, 4) is 0 Å². The standard InChI is InChI=1S/C12H12FN3O2S/c13-9-3-1-2-4-11(9)16-8-5-6-12(10(14)7-8)19(15,17)18/h1-7,16H,14H2,(H2,15,17,18). The van der Waals surface area contributed by atoms with Crippen molar-refractivity contribution in [1.82, 2.24) is 0 Å². The number of para-hydroxylation sites is 1. The van der Waals surface area contributed by atoms with E-state index in [2.05, 4.69) is 5.32 Å². The van der Waals surface area contributed by atoms with Gasteiger partial charge in [0.1, 0.15) is 10.7 Å². The Balaban J connectivity index is 2.34. The van der Waals surface area contributed by atoms with Crippen molar-refractivity contribution >= 4 is 27.1 Å². The van der Waals surface area contributed by atoms with Crippen LogP contribution in [-0.4, -0.2) is 8.42 Å². The summed E-state index contributed by atoms with van der Waals surface area (Å²) >= 11 is 0. The van der Waals surface area contributed by atoms with E-state index in [4.69, 9.17) is 10.9 Å². The van der Waals surface area contributed by atoms with Crippen LogP contribution in [0.4, 0.5) is 21.5 Å². The molecular formula is C12H12FN3O2S. The summed E-state index contributed by atoms with van der Waals surface area (Å²) in [5.41, 5.74) is 6.35. The molecule has 0 heterocycles. The SMILES string of the molecule is Nc1cc(Nc2ccccc2F)ccc1S(N)(=O)=O. The molecule has 100 valence electrons. The highest BCUT2D eigenvalue weighted by molar-refractivity contribution is 7.89. The molecule has 5 nitrogen and oxygen atoms in total. The lowest BCUT2D eigenvalue weighted by Gasteiger charge is -2.10. The minimum atomic E-state index is -3.86. The minimum Gasteiger partial charge on any atom is -0.398 e. The van der Waals surface area contributed by atoms with Gasteiger partial charge in [-0.15, -0.1) is 0 Å². The molecule has 0 radical (unpaired) electrons. The lowest BCUT2D eigenvalue weighted by molar-refractivity contribution is 0.598. The number of nitrogens with two attached hydrogens (primary N) is 2. The second-order valence-corrected chi connectivity index (χ2v) is 5.43. The van der Waals surface area contributed by atoms with E-state index in [-0.39, 0.29) is 16.3 Å². The molecule has 0 bridgehead atoms. The number of halogens is 1. The molecule has 2 aromatic carbocycles. The Morgan fingerprint density at radius 3 is 2.37 bits per heavy atom. The van der Waals surface area contributed by atoms with E-state index in [0.29, 0.717) is 5.69 Å². The number of nitrogens with one attached hydrogen (secondary N) is 1. The number of hydrogen-bond donors (Lipinski definition) is 3. The molecule has 2 rings (SSSR count). The highest BCUT2D eigenvalue weighted by Gasteiger charge is 2.12. The molecule has 19 heavy (non-hydrogen) atoms. The first-order valence-corrected chi connectivity index (χ1v) is 6.86. The molecule has 0 aromatic heterocycles. The smallest absolute Gasteiger partial charge is 0.240 e. The van der Waals surface area contributed by atoms with E-state index >= 15 is 0 Å². The second kappa shape index (κ2) is 4.87. The molecular weight excluding hydrogens is 269 g/mol. The molecule has 0 amide bonds. The van der Waals surface area contributed by atoms with Crippen molar-refractivity contribution in [3.63, 3.8) is 0 Å². The molecule has 0 aliphatic rings. The van der Waals surface area contributed by atoms with Crippen LogP contribution in [0.2, 0.25) is 0 Å². The summed E-state index contributed by atoms with van der Waals surface area (Å²) in [5, 5.41) is 7.80. The van der Waals surface area contributed by atoms with Gasteiger partial charge in [0.25, 0.3) is 0 Å². The van der Waals surface area contributed by atoms with Crippen LogP contribution >= 0.6 is 0 Å². The molecule has 0 saturated carbocycles. The van der Waals surface area contributed by atoms with Gasteiger partial charge in [-0.2, -0.15) is 0 Å². The molecule has 0 aliphatic heterocycles. The number of hydrogen-bond acceptors (Lipinski definition) is 4. The van der Waals surface area contributed by atoms with Crippen molar-refractivity contribution in [2.24, 2.45) is 5.14 Å². The Bertz CT molecular complexity index is 717. The fourth-order valence-electron chi connectivity index (χ4n) is 1.60. The van der Waals surface area contributed by atoms with Crippen LogP contribution < -0.4 is 16.2 Å². The van der Waals surface area contributed by atoms with Crippen LogP contribution in [0.15, 0.2) is 47.4 Å². The van der Waals surface area contributed by atoms with Gasteiger partial charge in [0.15, 0.2) is 0 Å². The number of sulfonamides is 1. The molecule has 0 atom stereocenters. The van der Waals surface area contributed by atoms with E-state index < -0.39 is 15.8 Å². The number of benzene rings is 2. The van der Waals surface area contributed by atoms with E-state index in [0.717, 1.165) is 0 Å². The van der Waals surface area contributed by atoms with Crippen LogP contribution in [0, 0.1) is 5.82 Å². The lowest BCUT2D eigenvalue weighted by atomic mass is 10.2. The molecule has 0 fully saturated rings. The molecule has 0 unspecified atom stereocenters. The van der Waals surface area contributed by atoms with Gasteiger partial charge in [-0.05, 0) is 30.3 Å². The van der Waals surface area contributed by atoms with Crippen molar-refractivity contribution in [1.29, 1.82) is 0 Å². The molecule has 2 aromatic rings. The maximum absolute atomic E-state index is 13.4. The van der Waals surface area contributed by atoms with Gasteiger partial charge in [-0.3, -0.25) is 0 Å². The molecule has 7 heteroatoms. The Kier molecular flexibility index (Phi) is 3.41. The minimum absolute atomic E-state index is 0.00355. The van der Waals surface area contributed by atoms with Crippen LogP contribution in [-0.2, 0) is 10.0 Å². The summed E-state index contributed by atoms with van der Waals surface area (Å²) in [6, 6.07) is 10.2. The van der Waals surface area contributed by atoms with Crippen LogP contribution in [0.3, 0.4) is 0 Å². The summed E-state index contributed by atoms with van der Waals surface area (Å²) in [6.07, 6.45) is 0. The highest BCUT2D eigenvalue weighted by Crippen LogP contribution is 2.25. The Morgan fingerprint density at radius 1 is 1.11 bits per heavy atom. The summed E-state index contributed by atoms with van der Waals surface area (Å²) in [5.74, 6) is -0.420. The normalized spacial score (nSPS) is 11.3. The first kappa shape index (κ1) is 13.3. The Hall–Kier alpha value is -2.12. The lowest BCUT2D eigenvalue weighted by Crippen LogP contribution is -2.14. The number of nitrogen functional groups attached to an aromatic ring is 1. The molecule has 5 N–H and O–H groups in total. The van der Waals surface area contributed by atoms with Crippen LogP contribution in [0.5, 0.6) is 0 Å². The van der Waals surface area contributed by atoms with Crippen molar-refractivity contribution in [2.75, 3.05) is 11.1 Å². The fraction of sp³-hybridized carbons (Fsp3) is 0. The summed E-state index contributed by atoms with van der Waals surface area (Å²) in [7, 11) is -3.86. The highest BCUT2D eigenvalue weighted by atomic mass is 32.2. The number of rotatable bonds is 3. The zero-order valence-corrected chi connectivity index (χ0v) is 10.6. The third kappa shape index (κ3) is 3.01. The summed E-state index contributed by atoms with van der Waals surface area (Å²) in [6.45, 7) is 0. The second-order valence-electron chi connectivity index (χ2n) is 3.90. The topological polar surface area (TPSA) is 98.2 Å². The zero-order valence-electron chi connectivity index (χ0n) is 9.80. The Labute approximate surface area is 110 Å². The first-order valence-electron chi connectivity index (χ1n) is 5.32. The maximum Gasteiger partial charge on any atom is 0.240 e. The van der Waals surface area contributed by atoms with Crippen molar-refractivity contribution in [3.05, 3.63) is 48.3 Å². The van der Waals surface area contributed by atoms with E-state index in [1.54, 1.807) is 18.2 Å². The van der Waals surface area contributed by atoms with E-state index in [1.807, 2.05) is 0 Å². The summed E-state index contributed by atoms with van der Waals surface area (Å²) in [4.78, 5) is -0.161. The average molecular weight is 281 g/mol. The van der Waals surface area contributed by atoms with Gasteiger partial charge in [0.2, 0.25) is 10.0 Å². The van der Waals surface area contributed by atoms with Crippen LogP contribution in [0.1, 0.15) is 0 Å². The van der Waals surface area contributed by atoms with Gasteiger partial charge < -0.3 is 11.1 Å². The summed E-state index contributed by atoms with van der Waals surface area (Å²) < 4.78 is 35.8. The van der Waals surface area contributed by atoms with Gasteiger partial charge >= 0.3 is 0 Å². The largest absolute Gasteiger partial charge is 0.398 e. The molecule has 0 aliphatic carbocycles. The quantitative estimate of drug-likeness (QED) is 0.747. The first-order chi connectivity index (χ1) is 8.88. The number of primary sulfonamides is 1. The monoisotopic (exact) mass is 281 g/mol. The van der Waals surface area contributed by atoms with Crippen molar-refractivity contribution < 1.29 is 12.8 Å². The Morgan fingerprint density at radius 2 is 1.79 bits per heavy atom. The van der Waals surface area contributed by atoms with Crippen molar-refractivity contribution in [2.45, 2.75) is 4.90 Å². The van der Waals surface area contributed by atoms with E-state index in [1.165, 1.54) is 24.3 Å².